The number of rotatable bonds is 4. The topological polar surface area (TPSA) is 53.7 Å². The van der Waals surface area contributed by atoms with Crippen molar-refractivity contribution in [3.8, 4) is 11.5 Å². The summed E-state index contributed by atoms with van der Waals surface area (Å²) in [5, 5.41) is 0. The SMILES string of the molecule is CC1CCCCC1OCC(N)c1ccc2c(c1)OCCO2. The summed E-state index contributed by atoms with van der Waals surface area (Å²) in [6.45, 7) is 4.05. The van der Waals surface area contributed by atoms with Gasteiger partial charge >= 0.3 is 0 Å². The zero-order valence-electron chi connectivity index (χ0n) is 12.7. The number of hydrogen-bond acceptors (Lipinski definition) is 4. The predicted octanol–water partition coefficient (Wildman–Crippen LogP) is 3.05. The van der Waals surface area contributed by atoms with E-state index in [-0.39, 0.29) is 6.04 Å². The van der Waals surface area contributed by atoms with E-state index in [1.54, 1.807) is 0 Å². The van der Waals surface area contributed by atoms with Gasteiger partial charge in [0, 0.05) is 0 Å². The van der Waals surface area contributed by atoms with E-state index in [4.69, 9.17) is 19.9 Å². The van der Waals surface area contributed by atoms with E-state index in [1.807, 2.05) is 18.2 Å². The lowest BCUT2D eigenvalue weighted by molar-refractivity contribution is -0.0113. The van der Waals surface area contributed by atoms with Gasteiger partial charge in [0.15, 0.2) is 11.5 Å². The average Bonchev–Trinajstić information content (AvgIpc) is 2.53. The van der Waals surface area contributed by atoms with Crippen molar-refractivity contribution in [1.82, 2.24) is 0 Å². The van der Waals surface area contributed by atoms with Crippen molar-refractivity contribution in [2.24, 2.45) is 11.7 Å². The molecular formula is C17H25NO3. The number of fused-ring (bicyclic) bond motifs is 1. The molecule has 0 bridgehead atoms. The molecule has 1 saturated carbocycles. The second kappa shape index (κ2) is 6.67. The Morgan fingerprint density at radius 3 is 2.76 bits per heavy atom. The Hall–Kier alpha value is -1.26. The van der Waals surface area contributed by atoms with Crippen molar-refractivity contribution in [2.45, 2.75) is 44.8 Å². The van der Waals surface area contributed by atoms with Crippen LogP contribution in [-0.4, -0.2) is 25.9 Å². The lowest BCUT2D eigenvalue weighted by Gasteiger charge is -2.30. The molecule has 4 heteroatoms. The van der Waals surface area contributed by atoms with Crippen molar-refractivity contribution >= 4 is 0 Å². The van der Waals surface area contributed by atoms with Gasteiger partial charge in [-0.25, -0.2) is 0 Å². The minimum absolute atomic E-state index is 0.116. The number of hydrogen-bond donors (Lipinski definition) is 1. The molecule has 1 aliphatic carbocycles. The van der Waals surface area contributed by atoms with Crippen LogP contribution in [0.3, 0.4) is 0 Å². The van der Waals surface area contributed by atoms with Gasteiger partial charge in [0.1, 0.15) is 13.2 Å². The van der Waals surface area contributed by atoms with Crippen LogP contribution in [-0.2, 0) is 4.74 Å². The van der Waals surface area contributed by atoms with Crippen molar-refractivity contribution in [3.05, 3.63) is 23.8 Å². The largest absolute Gasteiger partial charge is 0.486 e. The van der Waals surface area contributed by atoms with Crippen LogP contribution in [0.1, 0.15) is 44.2 Å². The van der Waals surface area contributed by atoms with Crippen LogP contribution in [0.15, 0.2) is 18.2 Å². The fraction of sp³-hybridized carbons (Fsp3) is 0.647. The number of ether oxygens (including phenoxy) is 3. The fourth-order valence-electron chi connectivity index (χ4n) is 3.14. The zero-order valence-corrected chi connectivity index (χ0v) is 12.7. The van der Waals surface area contributed by atoms with Gasteiger partial charge in [0.25, 0.3) is 0 Å². The summed E-state index contributed by atoms with van der Waals surface area (Å²) in [6.07, 6.45) is 5.39. The lowest BCUT2D eigenvalue weighted by Crippen LogP contribution is -2.29. The molecule has 2 N–H and O–H groups in total. The molecule has 0 spiro atoms. The summed E-state index contributed by atoms with van der Waals surface area (Å²) < 4.78 is 17.2. The third kappa shape index (κ3) is 3.50. The molecule has 0 saturated heterocycles. The number of nitrogens with two attached hydrogens (primary N) is 1. The van der Waals surface area contributed by atoms with Crippen LogP contribution in [0.2, 0.25) is 0 Å². The highest BCUT2D eigenvalue weighted by Gasteiger charge is 2.23. The average molecular weight is 291 g/mol. The molecule has 1 heterocycles. The molecule has 21 heavy (non-hydrogen) atoms. The molecule has 2 aliphatic rings. The lowest BCUT2D eigenvalue weighted by atomic mass is 9.88. The Morgan fingerprint density at radius 2 is 1.95 bits per heavy atom. The van der Waals surface area contributed by atoms with Gasteiger partial charge in [-0.05, 0) is 36.5 Å². The van der Waals surface area contributed by atoms with Gasteiger partial charge < -0.3 is 19.9 Å². The normalized spacial score (nSPS) is 26.4. The molecule has 4 nitrogen and oxygen atoms in total. The van der Waals surface area contributed by atoms with Crippen LogP contribution in [0.4, 0.5) is 0 Å². The third-order valence-electron chi connectivity index (χ3n) is 4.52. The minimum Gasteiger partial charge on any atom is -0.486 e. The molecule has 0 aromatic heterocycles. The van der Waals surface area contributed by atoms with E-state index in [0.29, 0.717) is 31.8 Å². The van der Waals surface area contributed by atoms with E-state index in [9.17, 15) is 0 Å². The fourth-order valence-corrected chi connectivity index (χ4v) is 3.14. The van der Waals surface area contributed by atoms with Crippen LogP contribution >= 0.6 is 0 Å². The van der Waals surface area contributed by atoms with E-state index in [2.05, 4.69) is 6.92 Å². The standard InChI is InChI=1S/C17H25NO3/c1-12-4-2-3-5-15(12)21-11-14(18)13-6-7-16-17(10-13)20-9-8-19-16/h6-7,10,12,14-15H,2-5,8-9,11,18H2,1H3. The van der Waals surface area contributed by atoms with Crippen LogP contribution in [0.25, 0.3) is 0 Å². The summed E-state index contributed by atoms with van der Waals surface area (Å²) in [4.78, 5) is 0. The summed E-state index contributed by atoms with van der Waals surface area (Å²) in [6, 6.07) is 5.81. The molecule has 3 rings (SSSR count). The van der Waals surface area contributed by atoms with Gasteiger partial charge in [-0.15, -0.1) is 0 Å². The minimum atomic E-state index is -0.116. The van der Waals surface area contributed by atoms with Gasteiger partial charge in [-0.1, -0.05) is 25.8 Å². The summed E-state index contributed by atoms with van der Waals surface area (Å²) in [5.41, 5.74) is 7.31. The monoisotopic (exact) mass is 291 g/mol. The Labute approximate surface area is 126 Å². The van der Waals surface area contributed by atoms with Crippen molar-refractivity contribution in [3.63, 3.8) is 0 Å². The molecule has 1 aromatic rings. The zero-order chi connectivity index (χ0) is 14.7. The first-order valence-corrected chi connectivity index (χ1v) is 8.01. The maximum Gasteiger partial charge on any atom is 0.161 e. The first-order chi connectivity index (χ1) is 10.2. The highest BCUT2D eigenvalue weighted by Crippen LogP contribution is 2.33. The molecule has 1 aliphatic heterocycles. The quantitative estimate of drug-likeness (QED) is 0.926. The van der Waals surface area contributed by atoms with Gasteiger partial charge in [-0.2, -0.15) is 0 Å². The first kappa shape index (κ1) is 14.7. The van der Waals surface area contributed by atoms with E-state index < -0.39 is 0 Å². The van der Waals surface area contributed by atoms with Crippen molar-refractivity contribution < 1.29 is 14.2 Å². The van der Waals surface area contributed by atoms with Gasteiger partial charge in [0.2, 0.25) is 0 Å². The van der Waals surface area contributed by atoms with Crippen LogP contribution in [0.5, 0.6) is 11.5 Å². The Balaban J connectivity index is 1.58. The molecule has 0 amide bonds. The van der Waals surface area contributed by atoms with E-state index >= 15 is 0 Å². The molecule has 116 valence electrons. The summed E-state index contributed by atoms with van der Waals surface area (Å²) in [5.74, 6) is 2.24. The predicted molar refractivity (Wildman–Crippen MR) is 81.7 cm³/mol. The Bertz CT molecular complexity index is 477. The van der Waals surface area contributed by atoms with Crippen LogP contribution < -0.4 is 15.2 Å². The molecule has 3 unspecified atom stereocenters. The molecule has 1 fully saturated rings. The molecule has 3 atom stereocenters. The van der Waals surface area contributed by atoms with E-state index in [0.717, 1.165) is 23.5 Å². The number of benzene rings is 1. The maximum atomic E-state index is 6.27. The smallest absolute Gasteiger partial charge is 0.161 e. The van der Waals surface area contributed by atoms with Crippen LogP contribution in [0, 0.1) is 5.92 Å². The van der Waals surface area contributed by atoms with E-state index in [1.165, 1.54) is 19.3 Å². The van der Waals surface area contributed by atoms with Gasteiger partial charge in [-0.3, -0.25) is 0 Å². The Kier molecular flexibility index (Phi) is 4.66. The summed E-state index contributed by atoms with van der Waals surface area (Å²) >= 11 is 0. The molecular weight excluding hydrogens is 266 g/mol. The highest BCUT2D eigenvalue weighted by molar-refractivity contribution is 5.44. The summed E-state index contributed by atoms with van der Waals surface area (Å²) in [7, 11) is 0. The van der Waals surface area contributed by atoms with Gasteiger partial charge in [0.05, 0.1) is 18.8 Å². The molecule has 0 radical (unpaired) electrons. The van der Waals surface area contributed by atoms with Crippen molar-refractivity contribution in [1.29, 1.82) is 0 Å². The third-order valence-corrected chi connectivity index (χ3v) is 4.52. The second-order valence-electron chi connectivity index (χ2n) is 6.14. The second-order valence-corrected chi connectivity index (χ2v) is 6.14. The maximum absolute atomic E-state index is 6.27. The molecule has 1 aromatic carbocycles. The first-order valence-electron chi connectivity index (χ1n) is 8.01. The van der Waals surface area contributed by atoms with Crippen molar-refractivity contribution in [2.75, 3.05) is 19.8 Å². The highest BCUT2D eigenvalue weighted by atomic mass is 16.6. The Morgan fingerprint density at radius 1 is 1.19 bits per heavy atom.